The van der Waals surface area contributed by atoms with Gasteiger partial charge < -0.3 is 5.32 Å². The normalized spacial score (nSPS) is 25.9. The number of carbonyl (C=O) groups is 2. The van der Waals surface area contributed by atoms with Gasteiger partial charge in [-0.05, 0) is 25.2 Å². The van der Waals surface area contributed by atoms with E-state index in [0.29, 0.717) is 11.2 Å². The first kappa shape index (κ1) is 14.6. The van der Waals surface area contributed by atoms with Gasteiger partial charge in [0.25, 0.3) is 0 Å². The van der Waals surface area contributed by atoms with Crippen molar-refractivity contribution in [3.8, 4) is 0 Å². The lowest BCUT2D eigenvalue weighted by atomic mass is 9.97. The molecule has 4 heteroatoms. The van der Waals surface area contributed by atoms with Gasteiger partial charge in [-0.2, -0.15) is 0 Å². The Balaban J connectivity index is 2.35. The molecular weight excluding hydrogens is 234 g/mol. The molecule has 0 bridgehead atoms. The van der Waals surface area contributed by atoms with Gasteiger partial charge in [0.15, 0.2) is 5.12 Å². The van der Waals surface area contributed by atoms with Crippen LogP contribution in [0.3, 0.4) is 0 Å². The lowest BCUT2D eigenvalue weighted by Gasteiger charge is -2.19. The summed E-state index contributed by atoms with van der Waals surface area (Å²) >= 11 is 1.42. The fourth-order valence-electron chi connectivity index (χ4n) is 2.05. The van der Waals surface area contributed by atoms with E-state index in [2.05, 4.69) is 19.2 Å². The van der Waals surface area contributed by atoms with Crippen LogP contribution in [0.2, 0.25) is 0 Å². The van der Waals surface area contributed by atoms with Gasteiger partial charge in [0, 0.05) is 24.1 Å². The third-order valence-electron chi connectivity index (χ3n) is 3.48. The Morgan fingerprint density at radius 1 is 1.24 bits per heavy atom. The number of amides is 1. The Morgan fingerprint density at radius 2 is 1.88 bits per heavy atom. The number of rotatable bonds is 4. The average molecular weight is 257 g/mol. The Bertz CT molecular complexity index is 291. The van der Waals surface area contributed by atoms with Crippen LogP contribution >= 0.6 is 11.8 Å². The summed E-state index contributed by atoms with van der Waals surface area (Å²) < 4.78 is 0. The van der Waals surface area contributed by atoms with Crippen molar-refractivity contribution in [3.63, 3.8) is 0 Å². The van der Waals surface area contributed by atoms with Gasteiger partial charge in [-0.3, -0.25) is 9.59 Å². The highest BCUT2D eigenvalue weighted by Gasteiger charge is 2.28. The molecule has 1 aliphatic rings. The zero-order chi connectivity index (χ0) is 13.0. The van der Waals surface area contributed by atoms with Crippen molar-refractivity contribution in [1.82, 2.24) is 5.32 Å². The smallest absolute Gasteiger partial charge is 0.223 e. The Morgan fingerprint density at radius 3 is 2.41 bits per heavy atom. The minimum absolute atomic E-state index is 0.0644. The van der Waals surface area contributed by atoms with Crippen molar-refractivity contribution in [3.05, 3.63) is 0 Å². The summed E-state index contributed by atoms with van der Waals surface area (Å²) in [6.07, 6.45) is 2.97. The lowest BCUT2D eigenvalue weighted by Crippen LogP contribution is -2.38. The van der Waals surface area contributed by atoms with E-state index in [1.54, 1.807) is 6.92 Å². The molecule has 1 fully saturated rings. The summed E-state index contributed by atoms with van der Waals surface area (Å²) in [5.74, 6) is 0.590. The van der Waals surface area contributed by atoms with Gasteiger partial charge in [0.1, 0.15) is 0 Å². The van der Waals surface area contributed by atoms with Gasteiger partial charge in [0.05, 0.1) is 0 Å². The summed E-state index contributed by atoms with van der Waals surface area (Å²) in [5, 5.41) is 3.67. The fourth-order valence-corrected chi connectivity index (χ4v) is 3.10. The standard InChI is InChI=1S/C13H23NO2S/c1-8(2)9(3)13(16)14-11-5-6-12(7-11)17-10(4)15/h8-9,11-12H,5-7H2,1-4H3,(H,14,16)/t9-,11?,12?/m0/s1. The Hall–Kier alpha value is -0.510. The predicted molar refractivity (Wildman–Crippen MR) is 71.8 cm³/mol. The van der Waals surface area contributed by atoms with E-state index in [1.165, 1.54) is 11.8 Å². The third-order valence-corrected chi connectivity index (χ3v) is 4.57. The summed E-state index contributed by atoms with van der Waals surface area (Å²) in [6, 6.07) is 0.264. The molecule has 1 rings (SSSR count). The molecule has 17 heavy (non-hydrogen) atoms. The minimum Gasteiger partial charge on any atom is -0.353 e. The minimum atomic E-state index is 0.0644. The third kappa shape index (κ3) is 4.70. The highest BCUT2D eigenvalue weighted by atomic mass is 32.2. The zero-order valence-corrected chi connectivity index (χ0v) is 12.0. The number of hydrogen-bond donors (Lipinski definition) is 1. The molecule has 0 radical (unpaired) electrons. The maximum Gasteiger partial charge on any atom is 0.223 e. The molecule has 1 aliphatic carbocycles. The van der Waals surface area contributed by atoms with Crippen molar-refractivity contribution in [2.45, 2.75) is 58.2 Å². The summed E-state index contributed by atoms with van der Waals surface area (Å²) in [5.41, 5.74) is 0. The van der Waals surface area contributed by atoms with Crippen LogP contribution in [0.15, 0.2) is 0 Å². The van der Waals surface area contributed by atoms with Crippen molar-refractivity contribution in [2.75, 3.05) is 0 Å². The Labute approximate surface area is 108 Å². The van der Waals surface area contributed by atoms with Gasteiger partial charge in [-0.25, -0.2) is 0 Å². The van der Waals surface area contributed by atoms with E-state index in [0.717, 1.165) is 19.3 Å². The van der Waals surface area contributed by atoms with E-state index in [4.69, 9.17) is 0 Å². The van der Waals surface area contributed by atoms with Crippen LogP contribution in [-0.2, 0) is 9.59 Å². The molecule has 3 atom stereocenters. The van der Waals surface area contributed by atoms with Crippen molar-refractivity contribution < 1.29 is 9.59 Å². The molecule has 1 amide bonds. The molecule has 0 aliphatic heterocycles. The Kier molecular flexibility index (Phi) is 5.50. The molecule has 0 aromatic carbocycles. The lowest BCUT2D eigenvalue weighted by molar-refractivity contribution is -0.126. The topological polar surface area (TPSA) is 46.2 Å². The quantitative estimate of drug-likeness (QED) is 0.842. The molecular formula is C13H23NO2S. The molecule has 2 unspecified atom stereocenters. The number of carbonyl (C=O) groups excluding carboxylic acids is 2. The van der Waals surface area contributed by atoms with Gasteiger partial charge in [-0.1, -0.05) is 32.5 Å². The molecule has 0 aromatic rings. The molecule has 1 N–H and O–H groups in total. The summed E-state index contributed by atoms with van der Waals surface area (Å²) in [4.78, 5) is 22.9. The van der Waals surface area contributed by atoms with Gasteiger partial charge in [0.2, 0.25) is 5.91 Å². The molecule has 3 nitrogen and oxygen atoms in total. The zero-order valence-electron chi connectivity index (χ0n) is 11.2. The van der Waals surface area contributed by atoms with Crippen molar-refractivity contribution >= 4 is 22.8 Å². The molecule has 0 spiro atoms. The monoisotopic (exact) mass is 257 g/mol. The van der Waals surface area contributed by atoms with Crippen LogP contribution in [-0.4, -0.2) is 22.3 Å². The number of hydrogen-bond acceptors (Lipinski definition) is 3. The number of thioether (sulfide) groups is 1. The first-order valence-electron chi connectivity index (χ1n) is 6.37. The second-order valence-electron chi connectivity index (χ2n) is 5.28. The van der Waals surface area contributed by atoms with Crippen LogP contribution in [0.1, 0.15) is 47.0 Å². The highest BCUT2D eigenvalue weighted by Crippen LogP contribution is 2.30. The molecule has 0 heterocycles. The first-order valence-corrected chi connectivity index (χ1v) is 7.25. The van der Waals surface area contributed by atoms with Crippen molar-refractivity contribution in [2.24, 2.45) is 11.8 Å². The maximum atomic E-state index is 11.9. The summed E-state index contributed by atoms with van der Waals surface area (Å²) in [7, 11) is 0. The second kappa shape index (κ2) is 6.43. The molecule has 0 saturated heterocycles. The molecule has 1 saturated carbocycles. The van der Waals surface area contributed by atoms with Crippen LogP contribution < -0.4 is 5.32 Å². The van der Waals surface area contributed by atoms with Crippen LogP contribution in [0, 0.1) is 11.8 Å². The van der Waals surface area contributed by atoms with E-state index in [9.17, 15) is 9.59 Å². The largest absolute Gasteiger partial charge is 0.353 e. The SMILES string of the molecule is CC(=O)SC1CCC(NC(=O)[C@@H](C)C(C)C)C1. The van der Waals surface area contributed by atoms with Gasteiger partial charge in [-0.15, -0.1) is 0 Å². The first-order chi connectivity index (χ1) is 7.90. The van der Waals surface area contributed by atoms with Gasteiger partial charge >= 0.3 is 0 Å². The van der Waals surface area contributed by atoms with E-state index in [-0.39, 0.29) is 23.0 Å². The van der Waals surface area contributed by atoms with Crippen LogP contribution in [0.5, 0.6) is 0 Å². The van der Waals surface area contributed by atoms with E-state index < -0.39 is 0 Å². The van der Waals surface area contributed by atoms with Crippen molar-refractivity contribution in [1.29, 1.82) is 0 Å². The van der Waals surface area contributed by atoms with E-state index in [1.807, 2.05) is 6.92 Å². The second-order valence-corrected chi connectivity index (χ2v) is 6.76. The predicted octanol–water partition coefficient (Wildman–Crippen LogP) is 2.60. The molecule has 0 aromatic heterocycles. The number of nitrogens with one attached hydrogen (secondary N) is 1. The van der Waals surface area contributed by atoms with E-state index >= 15 is 0 Å². The molecule has 98 valence electrons. The van der Waals surface area contributed by atoms with Crippen LogP contribution in [0.25, 0.3) is 0 Å². The highest BCUT2D eigenvalue weighted by molar-refractivity contribution is 8.14. The van der Waals surface area contributed by atoms with Crippen LogP contribution in [0.4, 0.5) is 0 Å². The average Bonchev–Trinajstić information content (AvgIpc) is 2.63. The summed E-state index contributed by atoms with van der Waals surface area (Å²) in [6.45, 7) is 7.70. The fraction of sp³-hybridized carbons (Fsp3) is 0.846. The maximum absolute atomic E-state index is 11.9.